The summed E-state index contributed by atoms with van der Waals surface area (Å²) in [6.07, 6.45) is 3.87. The SMILES string of the molecule is CSc1ccc(OCC#C[C@H](NC[C@@H](CSCc2cccnc2)C(=O)NC2(C#N)CC2)C(F)F)cc1. The molecule has 1 heterocycles. The van der Waals surface area contributed by atoms with Gasteiger partial charge in [-0.1, -0.05) is 17.9 Å². The van der Waals surface area contributed by atoms with E-state index in [-0.39, 0.29) is 19.1 Å². The number of amides is 1. The Bertz CT molecular complexity index is 1080. The summed E-state index contributed by atoms with van der Waals surface area (Å²) >= 11 is 3.12. The van der Waals surface area contributed by atoms with Crippen LogP contribution in [0.4, 0.5) is 8.78 Å². The standard InChI is InChI=1S/C26H28F2N4O2S2/c1-35-22-8-6-21(7-9-22)34-13-3-5-23(24(27)28)31-15-20(25(33)32-26(18-29)10-11-26)17-36-16-19-4-2-12-30-14-19/h2,4,6-9,12,14,20,23-24,31H,10-11,13,15-17H2,1H3,(H,32,33)/t20-,23-/m0/s1. The number of benzene rings is 1. The number of halogens is 2. The van der Waals surface area contributed by atoms with Crippen molar-refractivity contribution in [2.75, 3.05) is 25.2 Å². The highest BCUT2D eigenvalue weighted by Crippen LogP contribution is 2.34. The minimum Gasteiger partial charge on any atom is -0.481 e. The Morgan fingerprint density at radius 1 is 1.28 bits per heavy atom. The van der Waals surface area contributed by atoms with Gasteiger partial charge in [-0.2, -0.15) is 17.0 Å². The highest BCUT2D eigenvalue weighted by atomic mass is 32.2. The van der Waals surface area contributed by atoms with Gasteiger partial charge in [-0.05, 0) is 55.0 Å². The second-order valence-corrected chi connectivity index (χ2v) is 10.2. The summed E-state index contributed by atoms with van der Waals surface area (Å²) in [6.45, 7) is -0.0207. The van der Waals surface area contributed by atoms with Gasteiger partial charge in [0.25, 0.3) is 6.43 Å². The van der Waals surface area contributed by atoms with Crippen molar-refractivity contribution in [1.29, 1.82) is 5.26 Å². The Morgan fingerprint density at radius 2 is 2.06 bits per heavy atom. The van der Waals surface area contributed by atoms with Crippen LogP contribution in [-0.2, 0) is 10.5 Å². The Hall–Kier alpha value is -2.79. The lowest BCUT2D eigenvalue weighted by Crippen LogP contribution is -2.46. The molecule has 1 aromatic carbocycles. The van der Waals surface area contributed by atoms with Crippen LogP contribution in [0.1, 0.15) is 18.4 Å². The molecular weight excluding hydrogens is 502 g/mol. The molecule has 1 aliphatic rings. The van der Waals surface area contributed by atoms with Gasteiger partial charge < -0.3 is 10.1 Å². The first kappa shape index (κ1) is 27.8. The van der Waals surface area contributed by atoms with Crippen molar-refractivity contribution in [3.8, 4) is 23.7 Å². The lowest BCUT2D eigenvalue weighted by molar-refractivity contribution is -0.124. The highest BCUT2D eigenvalue weighted by Gasteiger charge is 2.45. The first-order valence-corrected chi connectivity index (χ1v) is 13.8. The second-order valence-electron chi connectivity index (χ2n) is 8.26. The first-order valence-electron chi connectivity index (χ1n) is 11.4. The third kappa shape index (κ3) is 9.02. The van der Waals surface area contributed by atoms with Crippen molar-refractivity contribution in [3.05, 3.63) is 54.4 Å². The van der Waals surface area contributed by atoms with Crippen molar-refractivity contribution >= 4 is 29.4 Å². The number of aromatic nitrogens is 1. The quantitative estimate of drug-likeness (QED) is 0.297. The summed E-state index contributed by atoms with van der Waals surface area (Å²) in [6, 6.07) is 11.9. The van der Waals surface area contributed by atoms with Gasteiger partial charge in [-0.15, -0.1) is 11.8 Å². The molecule has 1 aromatic heterocycles. The normalized spacial score (nSPS) is 15.2. The number of hydrogen-bond donors (Lipinski definition) is 2. The fraction of sp³-hybridized carbons (Fsp3) is 0.423. The molecular formula is C26H28F2N4O2S2. The molecule has 190 valence electrons. The molecule has 1 fully saturated rings. The van der Waals surface area contributed by atoms with Crippen LogP contribution in [0.3, 0.4) is 0 Å². The molecule has 1 amide bonds. The van der Waals surface area contributed by atoms with Gasteiger partial charge in [-0.3, -0.25) is 15.1 Å². The van der Waals surface area contributed by atoms with E-state index in [9.17, 15) is 18.8 Å². The molecule has 2 aromatic rings. The largest absolute Gasteiger partial charge is 0.481 e. The zero-order valence-electron chi connectivity index (χ0n) is 19.9. The average Bonchev–Trinajstić information content (AvgIpc) is 3.67. The van der Waals surface area contributed by atoms with Gasteiger partial charge in [0, 0.05) is 35.3 Å². The van der Waals surface area contributed by atoms with E-state index < -0.39 is 23.9 Å². The van der Waals surface area contributed by atoms with Crippen molar-refractivity contribution in [2.24, 2.45) is 5.92 Å². The lowest BCUT2D eigenvalue weighted by Gasteiger charge is -2.21. The fourth-order valence-corrected chi connectivity index (χ4v) is 4.66. The van der Waals surface area contributed by atoms with Crippen LogP contribution in [0, 0.1) is 29.1 Å². The number of alkyl halides is 2. The summed E-state index contributed by atoms with van der Waals surface area (Å²) in [5.74, 6) is 5.88. The van der Waals surface area contributed by atoms with E-state index >= 15 is 0 Å². The van der Waals surface area contributed by atoms with Crippen molar-refractivity contribution in [2.45, 2.75) is 41.5 Å². The van der Waals surface area contributed by atoms with Crippen LogP contribution in [0.15, 0.2) is 53.7 Å². The Kier molecular flexibility index (Phi) is 10.9. The number of hydrogen-bond acceptors (Lipinski definition) is 7. The predicted octanol–water partition coefficient (Wildman–Crippen LogP) is 4.13. The van der Waals surface area contributed by atoms with Crippen molar-refractivity contribution < 1.29 is 18.3 Å². The molecule has 2 atom stereocenters. The van der Waals surface area contributed by atoms with E-state index in [4.69, 9.17) is 4.74 Å². The summed E-state index contributed by atoms with van der Waals surface area (Å²) < 4.78 is 32.8. The molecule has 6 nitrogen and oxygen atoms in total. The maximum atomic E-state index is 13.6. The topological polar surface area (TPSA) is 87.0 Å². The Labute approximate surface area is 219 Å². The minimum absolute atomic E-state index is 0.00801. The summed E-state index contributed by atoms with van der Waals surface area (Å²) in [5, 5.41) is 14.8. The van der Waals surface area contributed by atoms with E-state index in [1.165, 1.54) is 11.8 Å². The predicted molar refractivity (Wildman–Crippen MR) is 139 cm³/mol. The zero-order valence-corrected chi connectivity index (χ0v) is 21.5. The van der Waals surface area contributed by atoms with Gasteiger partial charge in [0.2, 0.25) is 5.91 Å². The number of pyridine rings is 1. The molecule has 1 saturated carbocycles. The molecule has 0 radical (unpaired) electrons. The molecule has 1 aliphatic carbocycles. The third-order valence-corrected chi connectivity index (χ3v) is 7.39. The first-order chi connectivity index (χ1) is 17.4. The Morgan fingerprint density at radius 3 is 2.67 bits per heavy atom. The number of carbonyl (C=O) groups is 1. The van der Waals surface area contributed by atoms with E-state index in [1.807, 2.05) is 30.5 Å². The molecule has 0 spiro atoms. The third-order valence-electron chi connectivity index (χ3n) is 5.47. The molecule has 0 bridgehead atoms. The van der Waals surface area contributed by atoms with E-state index in [0.29, 0.717) is 30.1 Å². The van der Waals surface area contributed by atoms with Crippen molar-refractivity contribution in [1.82, 2.24) is 15.6 Å². The van der Waals surface area contributed by atoms with E-state index in [2.05, 4.69) is 33.5 Å². The lowest BCUT2D eigenvalue weighted by atomic mass is 10.1. The highest BCUT2D eigenvalue weighted by molar-refractivity contribution is 7.98. The van der Waals surface area contributed by atoms with E-state index in [1.54, 1.807) is 36.3 Å². The average molecular weight is 531 g/mol. The molecule has 2 N–H and O–H groups in total. The Balaban J connectivity index is 1.55. The fourth-order valence-electron chi connectivity index (χ4n) is 3.17. The zero-order chi connectivity index (χ0) is 25.8. The second kappa shape index (κ2) is 14.1. The minimum atomic E-state index is -2.74. The smallest absolute Gasteiger partial charge is 0.264 e. The maximum absolute atomic E-state index is 13.6. The van der Waals surface area contributed by atoms with Crippen LogP contribution < -0.4 is 15.4 Å². The van der Waals surface area contributed by atoms with Crippen molar-refractivity contribution in [3.63, 3.8) is 0 Å². The number of thioether (sulfide) groups is 2. The number of ether oxygens (including phenoxy) is 1. The summed E-state index contributed by atoms with van der Waals surface area (Å²) in [5.41, 5.74) is 0.182. The molecule has 3 rings (SSSR count). The van der Waals surface area contributed by atoms with Gasteiger partial charge in [-0.25, -0.2) is 8.78 Å². The summed E-state index contributed by atoms with van der Waals surface area (Å²) in [4.78, 5) is 18.0. The molecule has 0 aliphatic heterocycles. The number of nitrogens with zero attached hydrogens (tertiary/aromatic N) is 2. The summed E-state index contributed by atoms with van der Waals surface area (Å²) in [7, 11) is 0. The molecule has 0 saturated heterocycles. The molecule has 0 unspecified atom stereocenters. The number of nitriles is 1. The van der Waals surface area contributed by atoms with Gasteiger partial charge in [0.1, 0.15) is 23.9 Å². The number of carbonyl (C=O) groups excluding carboxylic acids is 1. The van der Waals surface area contributed by atoms with E-state index in [0.717, 1.165) is 10.5 Å². The monoisotopic (exact) mass is 530 g/mol. The number of nitrogens with one attached hydrogen (secondary N) is 2. The van der Waals surface area contributed by atoms with Crippen LogP contribution in [0.5, 0.6) is 5.75 Å². The van der Waals surface area contributed by atoms with Crippen LogP contribution in [0.25, 0.3) is 0 Å². The number of rotatable bonds is 13. The molecule has 36 heavy (non-hydrogen) atoms. The van der Waals surface area contributed by atoms with Gasteiger partial charge in [0.05, 0.1) is 12.0 Å². The van der Waals surface area contributed by atoms with Gasteiger partial charge in [0.15, 0.2) is 0 Å². The van der Waals surface area contributed by atoms with Crippen LogP contribution in [-0.4, -0.2) is 54.1 Å². The maximum Gasteiger partial charge on any atom is 0.264 e. The van der Waals surface area contributed by atoms with Crippen LogP contribution >= 0.6 is 23.5 Å². The van der Waals surface area contributed by atoms with Gasteiger partial charge >= 0.3 is 0 Å². The molecule has 10 heteroatoms. The van der Waals surface area contributed by atoms with Crippen LogP contribution in [0.2, 0.25) is 0 Å².